The van der Waals surface area contributed by atoms with Crippen molar-refractivity contribution >= 4 is 40.5 Å². The largest absolute Gasteiger partial charge is 0.355 e. The van der Waals surface area contributed by atoms with Gasteiger partial charge >= 0.3 is 0 Å². The molecule has 174 valence electrons. The molecule has 0 unspecified atom stereocenters. The van der Waals surface area contributed by atoms with Gasteiger partial charge in [-0.1, -0.05) is 53.6 Å². The van der Waals surface area contributed by atoms with Gasteiger partial charge in [-0.2, -0.15) is 0 Å². The average Bonchev–Trinajstić information content (AvgIpc) is 2.92. The predicted octanol–water partition coefficient (Wildman–Crippen LogP) is 6.76. The molecule has 1 aliphatic carbocycles. The number of rotatable bonds is 7. The maximum absolute atomic E-state index is 13.6. The van der Waals surface area contributed by atoms with Crippen molar-refractivity contribution < 1.29 is 9.59 Å². The van der Waals surface area contributed by atoms with Crippen LogP contribution in [0.4, 0.5) is 22.7 Å². The van der Waals surface area contributed by atoms with Crippen molar-refractivity contribution in [3.05, 3.63) is 129 Å². The Balaban J connectivity index is 1.58. The summed E-state index contributed by atoms with van der Waals surface area (Å²) in [7, 11) is 0. The summed E-state index contributed by atoms with van der Waals surface area (Å²) in [6, 6.07) is 24.9. The summed E-state index contributed by atoms with van der Waals surface area (Å²) < 4.78 is 0. The van der Waals surface area contributed by atoms with E-state index in [9.17, 15) is 9.59 Å². The van der Waals surface area contributed by atoms with E-state index in [0.29, 0.717) is 33.6 Å². The quantitative estimate of drug-likeness (QED) is 0.105. The molecule has 1 aliphatic rings. The second kappa shape index (κ2) is 9.58. The Kier molecular flexibility index (Phi) is 6.01. The second-order valence-corrected chi connectivity index (χ2v) is 8.22. The number of anilines is 4. The SMILES string of the molecule is [N-]=[N+]=NCc1ccc(Nc2ccc(Nc3ccc(C=N)cc3)c3c2C(=O)c2ccccc2C3=O)cc1. The Labute approximate surface area is 206 Å². The predicted molar refractivity (Wildman–Crippen MR) is 140 cm³/mol. The van der Waals surface area contributed by atoms with Crippen molar-refractivity contribution in [2.24, 2.45) is 5.11 Å². The van der Waals surface area contributed by atoms with E-state index in [-0.39, 0.29) is 18.1 Å². The number of hydrogen-bond donors (Lipinski definition) is 3. The van der Waals surface area contributed by atoms with E-state index in [1.807, 2.05) is 36.4 Å². The Morgan fingerprint density at radius 2 is 1.25 bits per heavy atom. The summed E-state index contributed by atoms with van der Waals surface area (Å²) in [6.45, 7) is 0.247. The minimum Gasteiger partial charge on any atom is -0.355 e. The van der Waals surface area contributed by atoms with Crippen molar-refractivity contribution in [2.75, 3.05) is 10.6 Å². The third-order valence-corrected chi connectivity index (χ3v) is 5.98. The van der Waals surface area contributed by atoms with Gasteiger partial charge in [-0.05, 0) is 53.1 Å². The molecule has 4 aromatic carbocycles. The number of fused-ring (bicyclic) bond motifs is 2. The van der Waals surface area contributed by atoms with Gasteiger partial charge in [0.05, 0.1) is 29.0 Å². The van der Waals surface area contributed by atoms with Crippen LogP contribution in [0.5, 0.6) is 0 Å². The Hall–Kier alpha value is -5.20. The number of benzene rings is 4. The molecule has 0 spiro atoms. The summed E-state index contributed by atoms with van der Waals surface area (Å²) in [5.74, 6) is -0.461. The third kappa shape index (κ3) is 4.20. The van der Waals surface area contributed by atoms with Crippen LogP contribution in [0.2, 0.25) is 0 Å². The third-order valence-electron chi connectivity index (χ3n) is 5.98. The molecule has 3 N–H and O–H groups in total. The molecule has 0 bridgehead atoms. The number of ketones is 2. The standard InChI is InChI=1S/C28H20N6O2/c29-15-17-5-9-19(10-6-17)32-23-13-14-24(33-20-11-7-18(8-12-20)16-31-34-30)26-25(23)27(35)21-3-1-2-4-22(21)28(26)36/h1-15,29,32-33H,16H2. The Bertz CT molecular complexity index is 1550. The van der Waals surface area contributed by atoms with Crippen LogP contribution in [-0.4, -0.2) is 17.8 Å². The summed E-state index contributed by atoms with van der Waals surface area (Å²) in [6.07, 6.45) is 1.26. The molecule has 0 aromatic heterocycles. The molecule has 0 atom stereocenters. The molecule has 0 fully saturated rings. The zero-order chi connectivity index (χ0) is 25.1. The number of nitrogens with zero attached hydrogens (tertiary/aromatic N) is 3. The van der Waals surface area contributed by atoms with Crippen LogP contribution in [0.1, 0.15) is 43.0 Å². The maximum Gasteiger partial charge on any atom is 0.196 e. The van der Waals surface area contributed by atoms with E-state index in [1.165, 1.54) is 6.21 Å². The molecule has 0 saturated heterocycles. The first-order chi connectivity index (χ1) is 17.6. The average molecular weight is 473 g/mol. The second-order valence-electron chi connectivity index (χ2n) is 8.22. The van der Waals surface area contributed by atoms with Gasteiger partial charge < -0.3 is 16.0 Å². The topological polar surface area (TPSA) is 131 Å². The van der Waals surface area contributed by atoms with Gasteiger partial charge in [0.1, 0.15) is 0 Å². The van der Waals surface area contributed by atoms with Gasteiger partial charge in [0, 0.05) is 33.6 Å². The van der Waals surface area contributed by atoms with Crippen LogP contribution < -0.4 is 10.6 Å². The molecule has 8 heteroatoms. The first-order valence-electron chi connectivity index (χ1n) is 11.2. The molecule has 8 nitrogen and oxygen atoms in total. The van der Waals surface area contributed by atoms with E-state index in [2.05, 4.69) is 20.7 Å². The van der Waals surface area contributed by atoms with Crippen molar-refractivity contribution in [1.29, 1.82) is 5.41 Å². The van der Waals surface area contributed by atoms with Crippen LogP contribution in [0, 0.1) is 5.41 Å². The molecule has 0 aliphatic heterocycles. The fraction of sp³-hybridized carbons (Fsp3) is 0.0357. The normalized spacial score (nSPS) is 11.7. The lowest BCUT2D eigenvalue weighted by Gasteiger charge is -2.24. The highest BCUT2D eigenvalue weighted by Crippen LogP contribution is 2.38. The molecular weight excluding hydrogens is 452 g/mol. The molecule has 36 heavy (non-hydrogen) atoms. The van der Waals surface area contributed by atoms with Crippen molar-refractivity contribution in [2.45, 2.75) is 6.54 Å². The van der Waals surface area contributed by atoms with Gasteiger partial charge in [-0.15, -0.1) is 0 Å². The molecule has 0 amide bonds. The number of carbonyl (C=O) groups excluding carboxylic acids is 2. The van der Waals surface area contributed by atoms with Gasteiger partial charge in [0.2, 0.25) is 0 Å². The summed E-state index contributed by atoms with van der Waals surface area (Å²) in [5, 5.41) is 17.5. The number of azide groups is 1. The fourth-order valence-corrected chi connectivity index (χ4v) is 4.21. The van der Waals surface area contributed by atoms with E-state index in [0.717, 1.165) is 22.5 Å². The van der Waals surface area contributed by atoms with Crippen LogP contribution in [0.15, 0.2) is 90.0 Å². The Morgan fingerprint density at radius 3 is 1.72 bits per heavy atom. The molecule has 0 saturated carbocycles. The lowest BCUT2D eigenvalue weighted by Crippen LogP contribution is -2.23. The lowest BCUT2D eigenvalue weighted by atomic mass is 9.82. The van der Waals surface area contributed by atoms with E-state index in [1.54, 1.807) is 48.5 Å². The molecule has 0 radical (unpaired) electrons. The van der Waals surface area contributed by atoms with Gasteiger partial charge in [0.15, 0.2) is 11.6 Å². The number of nitrogens with one attached hydrogen (secondary N) is 3. The lowest BCUT2D eigenvalue weighted by molar-refractivity contribution is 0.0980. The van der Waals surface area contributed by atoms with Crippen molar-refractivity contribution in [3.63, 3.8) is 0 Å². The Morgan fingerprint density at radius 1 is 0.750 bits per heavy atom. The fourth-order valence-electron chi connectivity index (χ4n) is 4.21. The molecule has 0 heterocycles. The van der Waals surface area contributed by atoms with Crippen LogP contribution in [0.25, 0.3) is 10.4 Å². The van der Waals surface area contributed by atoms with Crippen molar-refractivity contribution in [1.82, 2.24) is 0 Å². The minimum absolute atomic E-state index is 0.229. The summed E-state index contributed by atoms with van der Waals surface area (Å²) >= 11 is 0. The van der Waals surface area contributed by atoms with Crippen LogP contribution >= 0.6 is 0 Å². The van der Waals surface area contributed by atoms with E-state index < -0.39 is 0 Å². The van der Waals surface area contributed by atoms with Gasteiger partial charge in [-0.3, -0.25) is 9.59 Å². The van der Waals surface area contributed by atoms with E-state index >= 15 is 0 Å². The maximum atomic E-state index is 13.6. The van der Waals surface area contributed by atoms with Crippen molar-refractivity contribution in [3.8, 4) is 0 Å². The monoisotopic (exact) mass is 472 g/mol. The number of hydrogen-bond acceptors (Lipinski definition) is 6. The zero-order valence-corrected chi connectivity index (χ0v) is 19.0. The highest BCUT2D eigenvalue weighted by molar-refractivity contribution is 6.32. The molecule has 4 aromatic rings. The zero-order valence-electron chi connectivity index (χ0n) is 19.0. The first kappa shape index (κ1) is 22.6. The smallest absolute Gasteiger partial charge is 0.196 e. The number of carbonyl (C=O) groups is 2. The highest BCUT2D eigenvalue weighted by atomic mass is 16.1. The molecular formula is C28H20N6O2. The summed E-state index contributed by atoms with van der Waals surface area (Å²) in [4.78, 5) is 30.0. The summed E-state index contributed by atoms with van der Waals surface area (Å²) in [5.41, 5.74) is 14.0. The van der Waals surface area contributed by atoms with E-state index in [4.69, 9.17) is 10.9 Å². The molecule has 5 rings (SSSR count). The van der Waals surface area contributed by atoms with Gasteiger partial charge in [0.25, 0.3) is 0 Å². The van der Waals surface area contributed by atoms with Crippen LogP contribution in [0.3, 0.4) is 0 Å². The first-order valence-corrected chi connectivity index (χ1v) is 11.2. The highest BCUT2D eigenvalue weighted by Gasteiger charge is 2.34. The van der Waals surface area contributed by atoms with Gasteiger partial charge in [-0.25, -0.2) is 0 Å². The minimum atomic E-state index is -0.231. The van der Waals surface area contributed by atoms with Crippen LogP contribution in [-0.2, 0) is 6.54 Å².